The van der Waals surface area contributed by atoms with Gasteiger partial charge in [0.25, 0.3) is 0 Å². The van der Waals surface area contributed by atoms with Gasteiger partial charge >= 0.3 is 6.09 Å². The standard InChI is InChI=1S/C15H20N2O4/c1-3-21-15(19)16-11-7-8-13(20-2)12(10-11)17-9-5-4-6-14(17)18/h7-8,10H,3-6,9H2,1-2H3,(H,16,19). The first-order valence-corrected chi connectivity index (χ1v) is 7.08. The minimum Gasteiger partial charge on any atom is -0.495 e. The molecule has 0 bridgehead atoms. The van der Waals surface area contributed by atoms with E-state index in [0.717, 1.165) is 12.8 Å². The van der Waals surface area contributed by atoms with E-state index in [1.54, 1.807) is 37.1 Å². The summed E-state index contributed by atoms with van der Waals surface area (Å²) in [6.07, 6.45) is 1.90. The lowest BCUT2D eigenvalue weighted by Crippen LogP contribution is -2.35. The third-order valence-electron chi connectivity index (χ3n) is 3.31. The van der Waals surface area contributed by atoms with Gasteiger partial charge in [-0.2, -0.15) is 0 Å². The summed E-state index contributed by atoms with van der Waals surface area (Å²) in [6.45, 7) is 2.71. The normalized spacial score (nSPS) is 14.8. The molecule has 21 heavy (non-hydrogen) atoms. The van der Waals surface area contributed by atoms with E-state index in [1.807, 2.05) is 0 Å². The van der Waals surface area contributed by atoms with Gasteiger partial charge in [-0.3, -0.25) is 10.1 Å². The number of anilines is 2. The number of rotatable bonds is 4. The molecule has 1 N–H and O–H groups in total. The Morgan fingerprint density at radius 3 is 2.86 bits per heavy atom. The first-order chi connectivity index (χ1) is 10.2. The van der Waals surface area contributed by atoms with Crippen molar-refractivity contribution < 1.29 is 19.1 Å². The van der Waals surface area contributed by atoms with Crippen LogP contribution in [0.15, 0.2) is 18.2 Å². The summed E-state index contributed by atoms with van der Waals surface area (Å²) in [5.41, 5.74) is 1.25. The van der Waals surface area contributed by atoms with Crippen LogP contribution in [0, 0.1) is 0 Å². The molecule has 1 aliphatic heterocycles. The third-order valence-corrected chi connectivity index (χ3v) is 3.31. The van der Waals surface area contributed by atoms with Crippen LogP contribution in [0.2, 0.25) is 0 Å². The van der Waals surface area contributed by atoms with Gasteiger partial charge in [0.2, 0.25) is 5.91 Å². The van der Waals surface area contributed by atoms with E-state index in [1.165, 1.54) is 0 Å². The van der Waals surface area contributed by atoms with Gasteiger partial charge in [0.15, 0.2) is 0 Å². The molecule has 0 radical (unpaired) electrons. The van der Waals surface area contributed by atoms with E-state index >= 15 is 0 Å². The quantitative estimate of drug-likeness (QED) is 0.926. The van der Waals surface area contributed by atoms with Crippen LogP contribution in [-0.4, -0.2) is 32.3 Å². The van der Waals surface area contributed by atoms with Crippen LogP contribution in [-0.2, 0) is 9.53 Å². The predicted octanol–water partition coefficient (Wildman–Crippen LogP) is 2.78. The molecule has 1 saturated heterocycles. The summed E-state index contributed by atoms with van der Waals surface area (Å²) >= 11 is 0. The van der Waals surface area contributed by atoms with Gasteiger partial charge in [-0.05, 0) is 38.0 Å². The van der Waals surface area contributed by atoms with Crippen molar-refractivity contribution in [1.82, 2.24) is 0 Å². The summed E-state index contributed by atoms with van der Waals surface area (Å²) < 4.78 is 10.2. The number of piperidine rings is 1. The van der Waals surface area contributed by atoms with E-state index in [9.17, 15) is 9.59 Å². The molecule has 0 unspecified atom stereocenters. The number of methoxy groups -OCH3 is 1. The van der Waals surface area contributed by atoms with Gasteiger partial charge in [-0.1, -0.05) is 0 Å². The highest BCUT2D eigenvalue weighted by molar-refractivity contribution is 5.97. The molecule has 2 rings (SSSR count). The highest BCUT2D eigenvalue weighted by Gasteiger charge is 2.23. The zero-order chi connectivity index (χ0) is 15.2. The van der Waals surface area contributed by atoms with Crippen molar-refractivity contribution in [2.24, 2.45) is 0 Å². The molecule has 114 valence electrons. The fourth-order valence-corrected chi connectivity index (χ4v) is 2.32. The van der Waals surface area contributed by atoms with Crippen molar-refractivity contribution in [2.75, 3.05) is 30.5 Å². The molecular formula is C15H20N2O4. The van der Waals surface area contributed by atoms with Crippen molar-refractivity contribution in [3.05, 3.63) is 18.2 Å². The predicted molar refractivity (Wildman–Crippen MR) is 79.8 cm³/mol. The van der Waals surface area contributed by atoms with Crippen LogP contribution in [0.1, 0.15) is 26.2 Å². The molecule has 0 aliphatic carbocycles. The van der Waals surface area contributed by atoms with Gasteiger partial charge in [-0.15, -0.1) is 0 Å². The van der Waals surface area contributed by atoms with Crippen LogP contribution >= 0.6 is 0 Å². The molecule has 1 aromatic rings. The Bertz CT molecular complexity index is 530. The zero-order valence-electron chi connectivity index (χ0n) is 12.3. The third kappa shape index (κ3) is 3.65. The van der Waals surface area contributed by atoms with Crippen LogP contribution in [0.3, 0.4) is 0 Å². The van der Waals surface area contributed by atoms with E-state index in [-0.39, 0.29) is 5.91 Å². The lowest BCUT2D eigenvalue weighted by Gasteiger charge is -2.28. The zero-order valence-corrected chi connectivity index (χ0v) is 12.3. The largest absolute Gasteiger partial charge is 0.495 e. The maximum Gasteiger partial charge on any atom is 0.411 e. The summed E-state index contributed by atoms with van der Waals surface area (Å²) in [7, 11) is 1.56. The van der Waals surface area contributed by atoms with Crippen LogP contribution in [0.4, 0.5) is 16.2 Å². The highest BCUT2D eigenvalue weighted by atomic mass is 16.5. The second-order valence-corrected chi connectivity index (χ2v) is 4.73. The molecule has 0 saturated carbocycles. The number of carbonyl (C=O) groups is 2. The molecule has 2 amide bonds. The van der Waals surface area contributed by atoms with Crippen LogP contribution in [0.5, 0.6) is 5.75 Å². The molecule has 0 atom stereocenters. The maximum atomic E-state index is 12.1. The first-order valence-electron chi connectivity index (χ1n) is 7.08. The minimum absolute atomic E-state index is 0.0767. The molecule has 1 fully saturated rings. The SMILES string of the molecule is CCOC(=O)Nc1ccc(OC)c(N2CCCCC2=O)c1. The second-order valence-electron chi connectivity index (χ2n) is 4.73. The average Bonchev–Trinajstić information content (AvgIpc) is 2.48. The molecule has 1 heterocycles. The average molecular weight is 292 g/mol. The molecule has 1 aromatic carbocycles. The van der Waals surface area contributed by atoms with Crippen molar-refractivity contribution in [1.29, 1.82) is 0 Å². The van der Waals surface area contributed by atoms with E-state index in [2.05, 4.69) is 5.32 Å². The van der Waals surface area contributed by atoms with Gasteiger partial charge in [0.1, 0.15) is 5.75 Å². The van der Waals surface area contributed by atoms with Gasteiger partial charge in [-0.25, -0.2) is 4.79 Å². The van der Waals surface area contributed by atoms with Crippen molar-refractivity contribution in [3.8, 4) is 5.75 Å². The highest BCUT2D eigenvalue weighted by Crippen LogP contribution is 2.33. The lowest BCUT2D eigenvalue weighted by atomic mass is 10.1. The van der Waals surface area contributed by atoms with Crippen LogP contribution in [0.25, 0.3) is 0 Å². The Balaban J connectivity index is 2.25. The fraction of sp³-hybridized carbons (Fsp3) is 0.467. The topological polar surface area (TPSA) is 67.9 Å². The van der Waals surface area contributed by atoms with Gasteiger partial charge < -0.3 is 14.4 Å². The van der Waals surface area contributed by atoms with E-state index in [0.29, 0.717) is 36.7 Å². The van der Waals surface area contributed by atoms with E-state index in [4.69, 9.17) is 9.47 Å². The summed E-state index contributed by atoms with van der Waals surface area (Å²) in [5, 5.41) is 2.63. The first kappa shape index (κ1) is 15.2. The molecule has 6 nitrogen and oxygen atoms in total. The molecule has 0 aromatic heterocycles. The van der Waals surface area contributed by atoms with Gasteiger partial charge in [0, 0.05) is 18.7 Å². The Kier molecular flexibility index (Phi) is 5.03. The number of hydrogen-bond donors (Lipinski definition) is 1. The number of nitrogens with one attached hydrogen (secondary N) is 1. The number of benzene rings is 1. The minimum atomic E-state index is -0.515. The fourth-order valence-electron chi connectivity index (χ4n) is 2.32. The Morgan fingerprint density at radius 1 is 1.38 bits per heavy atom. The summed E-state index contributed by atoms with van der Waals surface area (Å²) in [4.78, 5) is 25.2. The number of amides is 2. The number of hydrogen-bond acceptors (Lipinski definition) is 4. The lowest BCUT2D eigenvalue weighted by molar-refractivity contribution is -0.119. The van der Waals surface area contributed by atoms with Crippen molar-refractivity contribution in [3.63, 3.8) is 0 Å². The monoisotopic (exact) mass is 292 g/mol. The molecular weight excluding hydrogens is 272 g/mol. The summed E-state index contributed by atoms with van der Waals surface area (Å²) in [5.74, 6) is 0.687. The molecule has 1 aliphatic rings. The van der Waals surface area contributed by atoms with Crippen molar-refractivity contribution in [2.45, 2.75) is 26.2 Å². The molecule has 6 heteroatoms. The Labute approximate surface area is 124 Å². The smallest absolute Gasteiger partial charge is 0.411 e. The van der Waals surface area contributed by atoms with Crippen molar-refractivity contribution >= 4 is 23.4 Å². The van der Waals surface area contributed by atoms with Crippen LogP contribution < -0.4 is 15.0 Å². The maximum absolute atomic E-state index is 12.1. The number of carbonyl (C=O) groups excluding carboxylic acids is 2. The Morgan fingerprint density at radius 2 is 2.19 bits per heavy atom. The number of ether oxygens (including phenoxy) is 2. The summed E-state index contributed by atoms with van der Waals surface area (Å²) in [6, 6.07) is 5.19. The Hall–Kier alpha value is -2.24. The number of nitrogens with zero attached hydrogens (tertiary/aromatic N) is 1. The molecule has 0 spiro atoms. The van der Waals surface area contributed by atoms with E-state index < -0.39 is 6.09 Å². The second kappa shape index (κ2) is 6.97. The van der Waals surface area contributed by atoms with Gasteiger partial charge in [0.05, 0.1) is 19.4 Å².